The number of fused-ring (bicyclic) bond motifs is 2. The third-order valence-electron chi connectivity index (χ3n) is 3.61. The van der Waals surface area contributed by atoms with Crippen molar-refractivity contribution in [3.63, 3.8) is 0 Å². The van der Waals surface area contributed by atoms with Gasteiger partial charge < -0.3 is 5.32 Å². The van der Waals surface area contributed by atoms with Crippen LogP contribution in [0.2, 0.25) is 0 Å². The zero-order valence-electron chi connectivity index (χ0n) is 9.45. The summed E-state index contributed by atoms with van der Waals surface area (Å²) in [6.45, 7) is 2.18. The van der Waals surface area contributed by atoms with Gasteiger partial charge in [-0.3, -0.25) is 4.21 Å². The molecule has 86 valence electrons. The fourth-order valence-electron chi connectivity index (χ4n) is 2.82. The molecule has 3 heteroatoms. The molecule has 0 heterocycles. The molecule has 15 heavy (non-hydrogen) atoms. The number of nitrogens with one attached hydrogen (secondary N) is 1. The average molecular weight is 227 g/mol. The monoisotopic (exact) mass is 227 g/mol. The largest absolute Gasteiger partial charge is 0.316 e. The van der Waals surface area contributed by atoms with Crippen LogP contribution in [-0.4, -0.2) is 29.3 Å². The van der Waals surface area contributed by atoms with Crippen molar-refractivity contribution >= 4 is 10.8 Å². The van der Waals surface area contributed by atoms with Crippen LogP contribution in [0.25, 0.3) is 0 Å². The summed E-state index contributed by atoms with van der Waals surface area (Å²) in [6, 6.07) is 0. The fourth-order valence-corrected chi connectivity index (χ4v) is 3.37. The van der Waals surface area contributed by atoms with E-state index < -0.39 is 10.8 Å². The van der Waals surface area contributed by atoms with Crippen molar-refractivity contribution in [2.24, 2.45) is 17.8 Å². The average Bonchev–Trinajstić information content (AvgIpc) is 2.78. The van der Waals surface area contributed by atoms with Crippen molar-refractivity contribution in [1.82, 2.24) is 5.32 Å². The van der Waals surface area contributed by atoms with Crippen LogP contribution in [0.15, 0.2) is 12.2 Å². The number of hydrogen-bond donors (Lipinski definition) is 1. The second-order valence-corrected chi connectivity index (χ2v) is 6.43. The summed E-state index contributed by atoms with van der Waals surface area (Å²) in [5.74, 6) is 3.43. The first-order valence-corrected chi connectivity index (χ1v) is 7.67. The summed E-state index contributed by atoms with van der Waals surface area (Å²) < 4.78 is 10.8. The first-order chi connectivity index (χ1) is 7.25. The van der Waals surface area contributed by atoms with Crippen LogP contribution in [0, 0.1) is 17.8 Å². The van der Waals surface area contributed by atoms with Crippen LogP contribution in [-0.2, 0) is 10.8 Å². The topological polar surface area (TPSA) is 29.1 Å². The molecular weight excluding hydrogens is 206 g/mol. The maximum Gasteiger partial charge on any atom is 0.0244 e. The van der Waals surface area contributed by atoms with Gasteiger partial charge in [-0.1, -0.05) is 12.2 Å². The second kappa shape index (κ2) is 5.26. The zero-order valence-corrected chi connectivity index (χ0v) is 10.3. The molecule has 0 amide bonds. The minimum Gasteiger partial charge on any atom is -0.316 e. The Kier molecular flexibility index (Phi) is 3.98. The molecule has 2 aliphatic rings. The van der Waals surface area contributed by atoms with Crippen molar-refractivity contribution in [3.8, 4) is 0 Å². The van der Waals surface area contributed by atoms with Crippen molar-refractivity contribution in [2.45, 2.75) is 19.3 Å². The Morgan fingerprint density at radius 3 is 2.87 bits per heavy atom. The second-order valence-electron chi connectivity index (χ2n) is 4.88. The Morgan fingerprint density at radius 1 is 1.40 bits per heavy atom. The van der Waals surface area contributed by atoms with E-state index in [1.54, 1.807) is 6.26 Å². The molecule has 0 aromatic carbocycles. The first kappa shape index (κ1) is 11.3. The standard InChI is InChI=1S/C12H21NOS/c1-15(14)6-2-5-13-9-12-8-10-3-4-11(12)7-10/h3-4,10-13H,2,5-9H2,1H3. The third-order valence-corrected chi connectivity index (χ3v) is 4.47. The lowest BCUT2D eigenvalue weighted by Gasteiger charge is -2.18. The van der Waals surface area contributed by atoms with Gasteiger partial charge in [-0.25, -0.2) is 0 Å². The van der Waals surface area contributed by atoms with Gasteiger partial charge in [-0.15, -0.1) is 0 Å². The fraction of sp³-hybridized carbons (Fsp3) is 0.833. The van der Waals surface area contributed by atoms with E-state index in [0.717, 1.165) is 43.0 Å². The molecule has 1 saturated carbocycles. The van der Waals surface area contributed by atoms with Crippen molar-refractivity contribution in [1.29, 1.82) is 0 Å². The first-order valence-electron chi connectivity index (χ1n) is 5.95. The van der Waals surface area contributed by atoms with E-state index in [4.69, 9.17) is 0 Å². The molecule has 0 aromatic heterocycles. The minimum atomic E-state index is -0.624. The van der Waals surface area contributed by atoms with E-state index >= 15 is 0 Å². The van der Waals surface area contributed by atoms with Crippen molar-refractivity contribution in [2.75, 3.05) is 25.1 Å². The van der Waals surface area contributed by atoms with E-state index in [0.29, 0.717) is 0 Å². The van der Waals surface area contributed by atoms with Crippen LogP contribution >= 0.6 is 0 Å². The molecule has 4 unspecified atom stereocenters. The van der Waals surface area contributed by atoms with E-state index in [1.807, 2.05) is 0 Å². The summed E-state index contributed by atoms with van der Waals surface area (Å²) in [7, 11) is -0.624. The van der Waals surface area contributed by atoms with Crippen LogP contribution in [0.4, 0.5) is 0 Å². The van der Waals surface area contributed by atoms with Crippen molar-refractivity contribution < 1.29 is 4.21 Å². The molecule has 0 radical (unpaired) electrons. The number of hydrogen-bond acceptors (Lipinski definition) is 2. The van der Waals surface area contributed by atoms with Crippen LogP contribution < -0.4 is 5.32 Å². The lowest BCUT2D eigenvalue weighted by molar-refractivity contribution is 0.415. The Balaban J connectivity index is 1.55. The van der Waals surface area contributed by atoms with Gasteiger partial charge >= 0.3 is 0 Å². The lowest BCUT2D eigenvalue weighted by Crippen LogP contribution is -2.26. The molecule has 4 atom stereocenters. The summed E-state index contributed by atoms with van der Waals surface area (Å²) in [5.41, 5.74) is 0. The van der Waals surface area contributed by atoms with Gasteiger partial charge in [0.2, 0.25) is 0 Å². The highest BCUT2D eigenvalue weighted by atomic mass is 32.2. The Bertz CT molecular complexity index is 264. The van der Waals surface area contributed by atoms with Gasteiger partial charge in [-0.05, 0) is 50.1 Å². The van der Waals surface area contributed by atoms with Crippen LogP contribution in [0.5, 0.6) is 0 Å². The van der Waals surface area contributed by atoms with Crippen LogP contribution in [0.3, 0.4) is 0 Å². The SMILES string of the molecule is CS(=O)CCCNCC1CC2C=CC1C2. The molecule has 0 aromatic rings. The molecule has 1 fully saturated rings. The van der Waals surface area contributed by atoms with Gasteiger partial charge in [-0.2, -0.15) is 0 Å². The van der Waals surface area contributed by atoms with Gasteiger partial charge in [0.25, 0.3) is 0 Å². The van der Waals surface area contributed by atoms with E-state index in [-0.39, 0.29) is 0 Å². The highest BCUT2D eigenvalue weighted by molar-refractivity contribution is 7.84. The van der Waals surface area contributed by atoms with Gasteiger partial charge in [0.15, 0.2) is 0 Å². The molecule has 0 saturated heterocycles. The number of allylic oxidation sites excluding steroid dienone is 2. The molecule has 1 N–H and O–H groups in total. The lowest BCUT2D eigenvalue weighted by atomic mass is 9.94. The summed E-state index contributed by atoms with van der Waals surface area (Å²) in [4.78, 5) is 0. The summed E-state index contributed by atoms with van der Waals surface area (Å²) >= 11 is 0. The molecule has 0 aliphatic heterocycles. The van der Waals surface area contributed by atoms with E-state index in [1.165, 1.54) is 12.8 Å². The quantitative estimate of drug-likeness (QED) is 0.551. The highest BCUT2D eigenvalue weighted by Crippen LogP contribution is 2.42. The summed E-state index contributed by atoms with van der Waals surface area (Å²) in [5, 5.41) is 3.50. The Labute approximate surface area is 95.0 Å². The Morgan fingerprint density at radius 2 is 2.27 bits per heavy atom. The third kappa shape index (κ3) is 3.15. The molecule has 0 spiro atoms. The van der Waals surface area contributed by atoms with Gasteiger partial charge in [0.05, 0.1) is 0 Å². The molecular formula is C12H21NOS. The zero-order chi connectivity index (χ0) is 10.7. The van der Waals surface area contributed by atoms with E-state index in [2.05, 4.69) is 17.5 Å². The smallest absolute Gasteiger partial charge is 0.0244 e. The normalized spacial score (nSPS) is 34.9. The summed E-state index contributed by atoms with van der Waals surface area (Å²) in [6.07, 6.45) is 10.4. The molecule has 2 rings (SSSR count). The number of rotatable bonds is 6. The molecule has 2 bridgehead atoms. The van der Waals surface area contributed by atoms with Crippen LogP contribution in [0.1, 0.15) is 19.3 Å². The van der Waals surface area contributed by atoms with Crippen molar-refractivity contribution in [3.05, 3.63) is 12.2 Å². The molecule has 2 aliphatic carbocycles. The van der Waals surface area contributed by atoms with Gasteiger partial charge in [0, 0.05) is 22.8 Å². The minimum absolute atomic E-state index is 0.624. The predicted molar refractivity (Wildman–Crippen MR) is 65.3 cm³/mol. The molecule has 2 nitrogen and oxygen atoms in total. The van der Waals surface area contributed by atoms with E-state index in [9.17, 15) is 4.21 Å². The maximum atomic E-state index is 10.8. The maximum absolute atomic E-state index is 10.8. The predicted octanol–water partition coefficient (Wildman–Crippen LogP) is 1.56. The Hall–Kier alpha value is -0.150. The van der Waals surface area contributed by atoms with Gasteiger partial charge in [0.1, 0.15) is 0 Å². The highest BCUT2D eigenvalue weighted by Gasteiger charge is 2.34.